The number of hydrogen-bond donors (Lipinski definition) is 2. The fourth-order valence-corrected chi connectivity index (χ4v) is 7.98. The molecule has 2 aromatic carbocycles. The molecule has 6 nitrogen and oxygen atoms in total. The predicted octanol–water partition coefficient (Wildman–Crippen LogP) is 7.68. The minimum absolute atomic E-state index is 0.0559. The summed E-state index contributed by atoms with van der Waals surface area (Å²) in [4.78, 5) is 32.7. The summed E-state index contributed by atoms with van der Waals surface area (Å²) >= 11 is 0. The molecular formula is C38H49FN4O2. The van der Waals surface area contributed by atoms with Gasteiger partial charge in [-0.15, -0.1) is 0 Å². The molecule has 2 amide bonds. The van der Waals surface area contributed by atoms with Crippen LogP contribution in [0.5, 0.6) is 0 Å². The van der Waals surface area contributed by atoms with E-state index in [9.17, 15) is 9.59 Å². The van der Waals surface area contributed by atoms with Gasteiger partial charge in [0.15, 0.2) is 0 Å². The minimum atomic E-state index is -0.527. The summed E-state index contributed by atoms with van der Waals surface area (Å²) in [7, 11) is 0. The number of likely N-dealkylation sites (tertiary alicyclic amines) is 2. The van der Waals surface area contributed by atoms with E-state index in [1.165, 1.54) is 62.3 Å². The number of amides is 2. The fraction of sp³-hybridized carbons (Fsp3) is 0.526. The minimum Gasteiger partial charge on any atom is -0.382 e. The highest BCUT2D eigenvalue weighted by Gasteiger charge is 2.42. The lowest BCUT2D eigenvalue weighted by molar-refractivity contribution is -0.129. The van der Waals surface area contributed by atoms with E-state index in [0.717, 1.165) is 30.8 Å². The highest BCUT2D eigenvalue weighted by Crippen LogP contribution is 2.40. The Kier molecular flexibility index (Phi) is 9.34. The Bertz CT molecular complexity index is 1430. The normalized spacial score (nSPS) is 25.9. The molecule has 6 rings (SSSR count). The van der Waals surface area contributed by atoms with E-state index in [0.29, 0.717) is 31.0 Å². The first-order valence-corrected chi connectivity index (χ1v) is 17.1. The topological polar surface area (TPSA) is 64.7 Å². The number of anilines is 1. The number of rotatable bonds is 7. The van der Waals surface area contributed by atoms with Crippen molar-refractivity contribution in [3.8, 4) is 0 Å². The molecule has 3 atom stereocenters. The highest BCUT2D eigenvalue weighted by atomic mass is 19.1. The van der Waals surface area contributed by atoms with Crippen molar-refractivity contribution in [2.24, 2.45) is 5.92 Å². The van der Waals surface area contributed by atoms with Crippen molar-refractivity contribution in [1.82, 2.24) is 15.1 Å². The molecule has 45 heavy (non-hydrogen) atoms. The molecule has 7 heteroatoms. The SMILES string of the molecule is CC1=C(N2CCCC2)CC(C)(NC(=O)[C@H]2CCCN(C(=O)c3c(C)cccc3F)[C@H]2c2ccc(NC3CCCCC3)cc2)C=C1. The molecule has 3 fully saturated rings. The van der Waals surface area contributed by atoms with E-state index in [-0.39, 0.29) is 17.4 Å². The lowest BCUT2D eigenvalue weighted by Crippen LogP contribution is -2.53. The zero-order valence-electron chi connectivity index (χ0n) is 27.2. The smallest absolute Gasteiger partial charge is 0.257 e. The summed E-state index contributed by atoms with van der Waals surface area (Å²) in [5.74, 6) is -1.39. The number of carbonyl (C=O) groups is 2. The van der Waals surface area contributed by atoms with Crippen molar-refractivity contribution in [1.29, 1.82) is 0 Å². The lowest BCUT2D eigenvalue weighted by Gasteiger charge is -2.43. The van der Waals surface area contributed by atoms with E-state index in [1.807, 2.05) is 0 Å². The number of aryl methyl sites for hydroxylation is 1. The largest absolute Gasteiger partial charge is 0.382 e. The van der Waals surface area contributed by atoms with Crippen LogP contribution in [0.2, 0.25) is 0 Å². The van der Waals surface area contributed by atoms with E-state index in [4.69, 9.17) is 0 Å². The van der Waals surface area contributed by atoms with Crippen molar-refractivity contribution in [2.45, 2.75) is 103 Å². The molecule has 0 radical (unpaired) electrons. The number of halogens is 1. The Morgan fingerprint density at radius 2 is 1.62 bits per heavy atom. The van der Waals surface area contributed by atoms with Gasteiger partial charge in [0.25, 0.3) is 5.91 Å². The zero-order chi connectivity index (χ0) is 31.6. The van der Waals surface area contributed by atoms with Gasteiger partial charge in [0, 0.05) is 43.5 Å². The van der Waals surface area contributed by atoms with Crippen LogP contribution >= 0.6 is 0 Å². The number of hydrogen-bond acceptors (Lipinski definition) is 4. The van der Waals surface area contributed by atoms with E-state index < -0.39 is 23.3 Å². The third kappa shape index (κ3) is 6.83. The van der Waals surface area contributed by atoms with Gasteiger partial charge < -0.3 is 20.4 Å². The summed E-state index contributed by atoms with van der Waals surface area (Å²) in [5, 5.41) is 7.10. The van der Waals surface area contributed by atoms with Gasteiger partial charge >= 0.3 is 0 Å². The molecule has 240 valence electrons. The van der Waals surface area contributed by atoms with Gasteiger partial charge in [0.2, 0.25) is 5.91 Å². The van der Waals surface area contributed by atoms with Crippen LogP contribution in [0.4, 0.5) is 10.1 Å². The molecule has 1 unspecified atom stereocenters. The molecule has 0 bridgehead atoms. The van der Waals surface area contributed by atoms with Crippen LogP contribution in [0.1, 0.15) is 106 Å². The number of nitrogens with zero attached hydrogens (tertiary/aromatic N) is 2. The summed E-state index contributed by atoms with van der Waals surface area (Å²) < 4.78 is 15.1. The third-order valence-corrected chi connectivity index (χ3v) is 10.5. The Labute approximate surface area is 268 Å². The van der Waals surface area contributed by atoms with Crippen molar-refractivity contribution in [2.75, 3.05) is 25.0 Å². The molecule has 2 aliphatic carbocycles. The number of nitrogens with one attached hydrogen (secondary N) is 2. The molecule has 2 heterocycles. The van der Waals surface area contributed by atoms with Gasteiger partial charge in [-0.05, 0) is 94.2 Å². The van der Waals surface area contributed by atoms with Crippen molar-refractivity contribution >= 4 is 17.5 Å². The summed E-state index contributed by atoms with van der Waals surface area (Å²) in [6, 6.07) is 13.0. The Hall–Kier alpha value is -3.61. The monoisotopic (exact) mass is 612 g/mol. The fourth-order valence-electron chi connectivity index (χ4n) is 7.98. The molecular weight excluding hydrogens is 563 g/mol. The standard InChI is InChI=1S/C38H49FN4O2/c1-26-20-21-38(3,25-33(26)42-22-7-8-23-42)41-36(44)31-14-10-24-43(37(45)34-27(2)11-9-15-32(34)39)35(31)28-16-18-30(19-17-28)40-29-12-5-4-6-13-29/h9,11,15-21,29,31,35,40H,4-8,10,12-14,22-25H2,1-3H3,(H,41,44)/t31-,35-,38?/m0/s1. The number of piperidine rings is 1. The Morgan fingerprint density at radius 1 is 0.889 bits per heavy atom. The summed E-state index contributed by atoms with van der Waals surface area (Å²) in [6.45, 7) is 8.62. The molecule has 2 aromatic rings. The molecule has 2 N–H and O–H groups in total. The van der Waals surface area contributed by atoms with Crippen molar-refractivity contribution < 1.29 is 14.0 Å². The molecule has 1 saturated carbocycles. The van der Waals surface area contributed by atoms with Crippen LogP contribution in [0, 0.1) is 18.7 Å². The van der Waals surface area contributed by atoms with Crippen LogP contribution in [0.15, 0.2) is 65.9 Å². The number of allylic oxidation sites excluding steroid dienone is 2. The predicted molar refractivity (Wildman–Crippen MR) is 178 cm³/mol. The maximum atomic E-state index is 15.1. The van der Waals surface area contributed by atoms with E-state index in [1.54, 1.807) is 24.0 Å². The molecule has 2 aliphatic heterocycles. The van der Waals surface area contributed by atoms with Gasteiger partial charge in [-0.1, -0.05) is 55.7 Å². The van der Waals surface area contributed by atoms with E-state index >= 15 is 4.39 Å². The second-order valence-electron chi connectivity index (χ2n) is 14.0. The Balaban J connectivity index is 1.28. The van der Waals surface area contributed by atoms with Crippen LogP contribution in [-0.2, 0) is 4.79 Å². The average molecular weight is 613 g/mol. The zero-order valence-corrected chi connectivity index (χ0v) is 27.2. The second kappa shape index (κ2) is 13.4. The van der Waals surface area contributed by atoms with Gasteiger partial charge in [0.05, 0.1) is 23.1 Å². The molecule has 0 aromatic heterocycles. The summed E-state index contributed by atoms with van der Waals surface area (Å²) in [5.41, 5.74) is 4.71. The van der Waals surface area contributed by atoms with Gasteiger partial charge in [-0.25, -0.2) is 4.39 Å². The first-order valence-electron chi connectivity index (χ1n) is 17.1. The molecule has 0 spiro atoms. The van der Waals surface area contributed by atoms with Crippen LogP contribution < -0.4 is 10.6 Å². The van der Waals surface area contributed by atoms with Crippen molar-refractivity contribution in [3.63, 3.8) is 0 Å². The van der Waals surface area contributed by atoms with Gasteiger partial charge in [-0.2, -0.15) is 0 Å². The first-order chi connectivity index (χ1) is 21.7. The summed E-state index contributed by atoms with van der Waals surface area (Å²) in [6.07, 6.45) is 14.9. The number of carbonyl (C=O) groups excluding carboxylic acids is 2. The second-order valence-corrected chi connectivity index (χ2v) is 14.0. The number of benzene rings is 2. The van der Waals surface area contributed by atoms with Crippen molar-refractivity contribution in [3.05, 3.63) is 88.4 Å². The van der Waals surface area contributed by atoms with Crippen LogP contribution in [0.3, 0.4) is 0 Å². The van der Waals surface area contributed by atoms with Gasteiger partial charge in [0.1, 0.15) is 5.82 Å². The third-order valence-electron chi connectivity index (χ3n) is 10.5. The Morgan fingerprint density at radius 3 is 2.33 bits per heavy atom. The molecule has 2 saturated heterocycles. The molecule has 4 aliphatic rings. The average Bonchev–Trinajstić information content (AvgIpc) is 3.58. The maximum Gasteiger partial charge on any atom is 0.257 e. The van der Waals surface area contributed by atoms with Gasteiger partial charge in [-0.3, -0.25) is 9.59 Å². The van der Waals surface area contributed by atoms with Crippen LogP contribution in [-0.4, -0.2) is 52.8 Å². The highest BCUT2D eigenvalue weighted by molar-refractivity contribution is 5.97. The van der Waals surface area contributed by atoms with E-state index in [2.05, 4.69) is 65.8 Å². The quantitative estimate of drug-likeness (QED) is 0.337. The first kappa shape index (κ1) is 31.4. The maximum absolute atomic E-state index is 15.1. The van der Waals surface area contributed by atoms with Crippen LogP contribution in [0.25, 0.3) is 0 Å². The lowest BCUT2D eigenvalue weighted by atomic mass is 9.81.